The number of nitrogens with zero attached hydrogens (tertiary/aromatic N) is 3. The molecule has 2 N–H and O–H groups in total. The fourth-order valence-electron chi connectivity index (χ4n) is 2.38. The van der Waals surface area contributed by atoms with Crippen LogP contribution in [-0.2, 0) is 11.3 Å². The van der Waals surface area contributed by atoms with E-state index in [9.17, 15) is 14.0 Å². The molecule has 2 heterocycles. The lowest BCUT2D eigenvalue weighted by Crippen LogP contribution is -2.33. The number of nitrogens with one attached hydrogen (secondary N) is 1. The highest BCUT2D eigenvalue weighted by atomic mass is 32.2. The molecule has 9 heteroatoms. The maximum atomic E-state index is 13.4. The Morgan fingerprint density at radius 3 is 3.04 bits per heavy atom. The standard InChI is InChI=1S/C14H13FN4O3S/c15-8-1-2-12-9(5-8)10(3-4-23-12)16-13(20)7-19-6-11(14(21)22)17-18-19/h1-2,5-6,10H,3-4,7H2,(H,16,20)(H,21,22). The van der Waals surface area contributed by atoms with Gasteiger partial charge in [-0.3, -0.25) is 4.79 Å². The maximum absolute atomic E-state index is 13.4. The zero-order valence-electron chi connectivity index (χ0n) is 11.9. The minimum Gasteiger partial charge on any atom is -0.476 e. The number of benzene rings is 1. The lowest BCUT2D eigenvalue weighted by Gasteiger charge is -2.26. The number of carboxylic acid groups (broad SMARTS) is 1. The second-order valence-corrected chi connectivity index (χ2v) is 6.18. The number of hydrogen-bond acceptors (Lipinski definition) is 5. The molecule has 2 aromatic rings. The number of carbonyl (C=O) groups excluding carboxylic acids is 1. The Morgan fingerprint density at radius 1 is 1.48 bits per heavy atom. The monoisotopic (exact) mass is 336 g/mol. The molecule has 23 heavy (non-hydrogen) atoms. The van der Waals surface area contributed by atoms with Crippen molar-refractivity contribution in [2.24, 2.45) is 0 Å². The van der Waals surface area contributed by atoms with Crippen molar-refractivity contribution in [1.82, 2.24) is 20.3 Å². The van der Waals surface area contributed by atoms with Crippen molar-refractivity contribution >= 4 is 23.6 Å². The molecule has 0 bridgehead atoms. The van der Waals surface area contributed by atoms with E-state index in [0.717, 1.165) is 20.9 Å². The van der Waals surface area contributed by atoms with E-state index in [1.54, 1.807) is 17.8 Å². The van der Waals surface area contributed by atoms with Gasteiger partial charge in [0.05, 0.1) is 12.2 Å². The summed E-state index contributed by atoms with van der Waals surface area (Å²) in [6, 6.07) is 4.28. The molecule has 3 rings (SSSR count). The van der Waals surface area contributed by atoms with Gasteiger partial charge in [-0.2, -0.15) is 0 Å². The predicted molar refractivity (Wildman–Crippen MR) is 79.6 cm³/mol. The van der Waals surface area contributed by atoms with Gasteiger partial charge in [-0.05, 0) is 30.2 Å². The first kappa shape index (κ1) is 15.5. The normalized spacial score (nSPS) is 16.7. The van der Waals surface area contributed by atoms with Crippen molar-refractivity contribution in [3.05, 3.63) is 41.5 Å². The molecular weight excluding hydrogens is 323 g/mol. The summed E-state index contributed by atoms with van der Waals surface area (Å²) in [6.45, 7) is -0.144. The Labute approximate surface area is 134 Å². The van der Waals surface area contributed by atoms with Crippen LogP contribution in [0.5, 0.6) is 0 Å². The second kappa shape index (κ2) is 6.37. The van der Waals surface area contributed by atoms with Gasteiger partial charge in [0.25, 0.3) is 0 Å². The summed E-state index contributed by atoms with van der Waals surface area (Å²) in [5.74, 6) is -1.05. The second-order valence-electron chi connectivity index (χ2n) is 5.05. The zero-order valence-corrected chi connectivity index (χ0v) is 12.7. The molecule has 1 unspecified atom stereocenters. The summed E-state index contributed by atoms with van der Waals surface area (Å²) in [6.07, 6.45) is 1.89. The van der Waals surface area contributed by atoms with Crippen molar-refractivity contribution in [2.45, 2.75) is 23.9 Å². The van der Waals surface area contributed by atoms with Crippen LogP contribution in [0.1, 0.15) is 28.5 Å². The van der Waals surface area contributed by atoms with Gasteiger partial charge >= 0.3 is 5.97 Å². The fourth-order valence-corrected chi connectivity index (χ4v) is 3.48. The van der Waals surface area contributed by atoms with Crippen LogP contribution in [0.4, 0.5) is 4.39 Å². The number of carboxylic acids is 1. The van der Waals surface area contributed by atoms with E-state index in [2.05, 4.69) is 15.6 Å². The maximum Gasteiger partial charge on any atom is 0.358 e. The summed E-state index contributed by atoms with van der Waals surface area (Å²) in [5.41, 5.74) is 0.540. The van der Waals surface area contributed by atoms with Crippen LogP contribution in [-0.4, -0.2) is 37.7 Å². The molecule has 0 fully saturated rings. The van der Waals surface area contributed by atoms with Gasteiger partial charge < -0.3 is 10.4 Å². The zero-order chi connectivity index (χ0) is 16.4. The van der Waals surface area contributed by atoms with E-state index in [4.69, 9.17) is 5.11 Å². The first-order chi connectivity index (χ1) is 11.0. The quantitative estimate of drug-likeness (QED) is 0.877. The van der Waals surface area contributed by atoms with Crippen LogP contribution in [0.2, 0.25) is 0 Å². The van der Waals surface area contributed by atoms with Crippen molar-refractivity contribution < 1.29 is 19.1 Å². The van der Waals surface area contributed by atoms with Crippen LogP contribution in [0, 0.1) is 5.82 Å². The first-order valence-corrected chi connectivity index (χ1v) is 7.86. The van der Waals surface area contributed by atoms with E-state index in [0.29, 0.717) is 6.42 Å². The highest BCUT2D eigenvalue weighted by Crippen LogP contribution is 2.36. The molecule has 1 atom stereocenters. The summed E-state index contributed by atoms with van der Waals surface area (Å²) in [4.78, 5) is 23.8. The molecule has 0 saturated heterocycles. The Bertz CT molecular complexity index is 764. The van der Waals surface area contributed by atoms with Crippen molar-refractivity contribution in [2.75, 3.05) is 5.75 Å². The Kier molecular flexibility index (Phi) is 4.28. The number of aromatic carboxylic acids is 1. The minimum atomic E-state index is -1.20. The van der Waals surface area contributed by atoms with E-state index >= 15 is 0 Å². The molecule has 1 aromatic heterocycles. The SMILES string of the molecule is O=C(Cn1cc(C(=O)O)nn1)NC1CCSc2ccc(F)cc21. The summed E-state index contributed by atoms with van der Waals surface area (Å²) >= 11 is 1.63. The predicted octanol–water partition coefficient (Wildman–Crippen LogP) is 1.47. The van der Waals surface area contributed by atoms with Crippen molar-refractivity contribution in [3.8, 4) is 0 Å². The number of hydrogen-bond donors (Lipinski definition) is 2. The number of thioether (sulfide) groups is 1. The van der Waals surface area contributed by atoms with E-state index in [1.807, 2.05) is 0 Å². The molecule has 1 aliphatic heterocycles. The van der Waals surface area contributed by atoms with Gasteiger partial charge in [0.2, 0.25) is 5.91 Å². The summed E-state index contributed by atoms with van der Waals surface area (Å²) in [5, 5.41) is 18.6. The Hall–Kier alpha value is -2.42. The third-order valence-electron chi connectivity index (χ3n) is 3.41. The number of amides is 1. The van der Waals surface area contributed by atoms with Crippen molar-refractivity contribution in [1.29, 1.82) is 0 Å². The van der Waals surface area contributed by atoms with Crippen LogP contribution in [0.25, 0.3) is 0 Å². The fraction of sp³-hybridized carbons (Fsp3) is 0.286. The topological polar surface area (TPSA) is 97.1 Å². The van der Waals surface area contributed by atoms with Crippen LogP contribution in [0.3, 0.4) is 0 Å². The smallest absolute Gasteiger partial charge is 0.358 e. The van der Waals surface area contributed by atoms with Crippen LogP contribution >= 0.6 is 11.8 Å². The number of carbonyl (C=O) groups is 2. The van der Waals surface area contributed by atoms with Gasteiger partial charge in [-0.1, -0.05) is 5.21 Å². The largest absolute Gasteiger partial charge is 0.476 e. The molecule has 0 saturated carbocycles. The average molecular weight is 336 g/mol. The Morgan fingerprint density at radius 2 is 2.30 bits per heavy atom. The Balaban J connectivity index is 1.69. The third-order valence-corrected chi connectivity index (χ3v) is 4.53. The molecule has 1 aromatic carbocycles. The number of fused-ring (bicyclic) bond motifs is 1. The molecule has 7 nitrogen and oxygen atoms in total. The van der Waals surface area contributed by atoms with E-state index in [-0.39, 0.29) is 30.0 Å². The highest BCUT2D eigenvalue weighted by Gasteiger charge is 2.23. The molecule has 0 aliphatic carbocycles. The van der Waals surface area contributed by atoms with Gasteiger partial charge in [0, 0.05) is 10.6 Å². The molecule has 0 spiro atoms. The van der Waals surface area contributed by atoms with Crippen LogP contribution < -0.4 is 5.32 Å². The molecule has 120 valence electrons. The number of rotatable bonds is 4. The lowest BCUT2D eigenvalue weighted by molar-refractivity contribution is -0.122. The molecular formula is C14H13FN4O3S. The first-order valence-electron chi connectivity index (χ1n) is 6.88. The van der Waals surface area contributed by atoms with Gasteiger partial charge in [0.1, 0.15) is 12.4 Å². The summed E-state index contributed by atoms with van der Waals surface area (Å²) in [7, 11) is 0. The summed E-state index contributed by atoms with van der Waals surface area (Å²) < 4.78 is 14.6. The van der Waals surface area contributed by atoms with Gasteiger partial charge in [-0.15, -0.1) is 16.9 Å². The van der Waals surface area contributed by atoms with E-state index < -0.39 is 5.97 Å². The van der Waals surface area contributed by atoms with Crippen LogP contribution in [0.15, 0.2) is 29.3 Å². The highest BCUT2D eigenvalue weighted by molar-refractivity contribution is 7.99. The number of aromatic nitrogens is 3. The van der Waals surface area contributed by atoms with Gasteiger partial charge in [0.15, 0.2) is 5.69 Å². The van der Waals surface area contributed by atoms with Gasteiger partial charge in [-0.25, -0.2) is 13.9 Å². The van der Waals surface area contributed by atoms with E-state index in [1.165, 1.54) is 18.3 Å². The molecule has 0 radical (unpaired) electrons. The number of halogens is 1. The third kappa shape index (κ3) is 3.50. The minimum absolute atomic E-state index is 0.144. The van der Waals surface area contributed by atoms with Crippen molar-refractivity contribution in [3.63, 3.8) is 0 Å². The molecule has 1 amide bonds. The lowest BCUT2D eigenvalue weighted by atomic mass is 10.0. The average Bonchev–Trinajstić information content (AvgIpc) is 2.96. The molecule has 1 aliphatic rings.